The van der Waals surface area contributed by atoms with Crippen molar-refractivity contribution in [3.63, 3.8) is 0 Å². The van der Waals surface area contributed by atoms with Crippen molar-refractivity contribution >= 4 is 33.1 Å². The van der Waals surface area contributed by atoms with Crippen LogP contribution in [0.3, 0.4) is 0 Å². The summed E-state index contributed by atoms with van der Waals surface area (Å²) >= 11 is 1.24. The van der Waals surface area contributed by atoms with Crippen LogP contribution in [-0.4, -0.2) is 22.0 Å². The van der Waals surface area contributed by atoms with Gasteiger partial charge in [0.25, 0.3) is 11.5 Å². The predicted molar refractivity (Wildman–Crippen MR) is 121 cm³/mol. The minimum absolute atomic E-state index is 0.0898. The van der Waals surface area contributed by atoms with Gasteiger partial charge in [-0.2, -0.15) is 0 Å². The highest BCUT2D eigenvalue weighted by Crippen LogP contribution is 2.33. The highest BCUT2D eigenvalue weighted by molar-refractivity contribution is 7.20. The van der Waals surface area contributed by atoms with Crippen molar-refractivity contribution in [1.29, 1.82) is 0 Å². The molecule has 5 nitrogen and oxygen atoms in total. The summed E-state index contributed by atoms with van der Waals surface area (Å²) in [6.07, 6.45) is 3.28. The molecule has 0 bridgehead atoms. The number of para-hydroxylation sites is 1. The van der Waals surface area contributed by atoms with Gasteiger partial charge in [0, 0.05) is 17.8 Å². The van der Waals surface area contributed by atoms with E-state index in [2.05, 4.69) is 11.1 Å². The Morgan fingerprint density at radius 2 is 1.94 bits per heavy atom. The van der Waals surface area contributed by atoms with Crippen molar-refractivity contribution in [2.24, 2.45) is 0 Å². The molecular weight excluding hydrogens is 413 g/mol. The van der Waals surface area contributed by atoms with E-state index in [1.807, 2.05) is 18.2 Å². The molecule has 0 radical (unpaired) electrons. The largest absolute Gasteiger partial charge is 0.307 e. The van der Waals surface area contributed by atoms with E-state index in [9.17, 15) is 14.0 Å². The Hall–Kier alpha value is -3.32. The number of rotatable bonds is 3. The standard InChI is InChI=1S/C24H20FN3O2S/c1-15-20-22(26-14-27(23(20)29)13-17-8-2-4-10-18(17)25)31-21(15)24(30)28-12-6-9-16-7-3-5-11-19(16)28/h2-5,7-8,10-11,14H,6,9,12-13H2,1H3. The number of amides is 1. The molecule has 0 saturated heterocycles. The van der Waals surface area contributed by atoms with E-state index in [-0.39, 0.29) is 23.8 Å². The lowest BCUT2D eigenvalue weighted by atomic mass is 10.0. The van der Waals surface area contributed by atoms with Crippen molar-refractivity contribution in [3.05, 3.63) is 92.6 Å². The van der Waals surface area contributed by atoms with Crippen molar-refractivity contribution < 1.29 is 9.18 Å². The highest BCUT2D eigenvalue weighted by Gasteiger charge is 2.27. The van der Waals surface area contributed by atoms with Gasteiger partial charge in [-0.1, -0.05) is 36.4 Å². The first-order valence-electron chi connectivity index (χ1n) is 10.2. The maximum Gasteiger partial charge on any atom is 0.268 e. The van der Waals surface area contributed by atoms with Gasteiger partial charge < -0.3 is 4.90 Å². The van der Waals surface area contributed by atoms with E-state index >= 15 is 0 Å². The van der Waals surface area contributed by atoms with Crippen LogP contribution in [0, 0.1) is 12.7 Å². The van der Waals surface area contributed by atoms with Gasteiger partial charge in [0.2, 0.25) is 0 Å². The number of carbonyl (C=O) groups excluding carboxylic acids is 1. The number of hydrogen-bond donors (Lipinski definition) is 0. The maximum atomic E-state index is 14.1. The van der Waals surface area contributed by atoms with E-state index < -0.39 is 0 Å². The van der Waals surface area contributed by atoms with Gasteiger partial charge >= 0.3 is 0 Å². The number of thiophene rings is 1. The topological polar surface area (TPSA) is 55.2 Å². The van der Waals surface area contributed by atoms with Crippen molar-refractivity contribution in [1.82, 2.24) is 9.55 Å². The minimum Gasteiger partial charge on any atom is -0.307 e. The normalized spacial score (nSPS) is 13.4. The van der Waals surface area contributed by atoms with Gasteiger partial charge in [-0.05, 0) is 43.0 Å². The van der Waals surface area contributed by atoms with E-state index in [0.29, 0.717) is 32.8 Å². The molecule has 4 aromatic rings. The van der Waals surface area contributed by atoms with Crippen LogP contribution < -0.4 is 10.5 Å². The van der Waals surface area contributed by atoms with E-state index in [1.54, 1.807) is 30.0 Å². The number of aryl methyl sites for hydroxylation is 2. The Morgan fingerprint density at radius 3 is 2.77 bits per heavy atom. The number of aromatic nitrogens is 2. The first-order chi connectivity index (χ1) is 15.0. The Kier molecular flexibility index (Phi) is 4.90. The van der Waals surface area contributed by atoms with Gasteiger partial charge in [-0.25, -0.2) is 9.37 Å². The Balaban J connectivity index is 1.55. The number of halogens is 1. The highest BCUT2D eigenvalue weighted by atomic mass is 32.1. The number of hydrogen-bond acceptors (Lipinski definition) is 4. The second kappa shape index (κ2) is 7.74. The zero-order chi connectivity index (χ0) is 21.5. The second-order valence-corrected chi connectivity index (χ2v) is 8.69. The summed E-state index contributed by atoms with van der Waals surface area (Å²) in [5.41, 5.74) is 2.88. The van der Waals surface area contributed by atoms with Crippen molar-refractivity contribution in [2.45, 2.75) is 26.3 Å². The van der Waals surface area contributed by atoms with Crippen molar-refractivity contribution in [2.75, 3.05) is 11.4 Å². The monoisotopic (exact) mass is 433 g/mol. The quantitative estimate of drug-likeness (QED) is 0.476. The lowest BCUT2D eigenvalue weighted by molar-refractivity contribution is 0.0988. The van der Waals surface area contributed by atoms with Gasteiger partial charge in [0.05, 0.1) is 23.1 Å². The summed E-state index contributed by atoms with van der Waals surface area (Å²) < 4.78 is 15.4. The molecule has 2 aromatic heterocycles. The van der Waals surface area contributed by atoms with Crippen LogP contribution in [0.2, 0.25) is 0 Å². The molecule has 0 fully saturated rings. The molecule has 0 spiro atoms. The molecular formula is C24H20FN3O2S. The smallest absolute Gasteiger partial charge is 0.268 e. The third kappa shape index (κ3) is 3.35. The molecule has 31 heavy (non-hydrogen) atoms. The zero-order valence-electron chi connectivity index (χ0n) is 17.0. The number of anilines is 1. The van der Waals surface area contributed by atoms with Gasteiger partial charge in [-0.3, -0.25) is 14.2 Å². The predicted octanol–water partition coefficient (Wildman–Crippen LogP) is 4.55. The average molecular weight is 434 g/mol. The first kappa shape index (κ1) is 19.6. The van der Waals surface area contributed by atoms with E-state index in [4.69, 9.17) is 0 Å². The molecule has 7 heteroatoms. The summed E-state index contributed by atoms with van der Waals surface area (Å²) in [6, 6.07) is 14.3. The summed E-state index contributed by atoms with van der Waals surface area (Å²) in [5.74, 6) is -0.469. The lowest BCUT2D eigenvalue weighted by Crippen LogP contribution is -2.35. The van der Waals surface area contributed by atoms with Crippen LogP contribution in [0.15, 0.2) is 59.7 Å². The molecule has 1 amide bonds. The summed E-state index contributed by atoms with van der Waals surface area (Å²) in [5, 5.41) is 0.428. The fourth-order valence-electron chi connectivity index (χ4n) is 4.15. The van der Waals surface area contributed by atoms with Crippen LogP contribution >= 0.6 is 11.3 Å². The summed E-state index contributed by atoms with van der Waals surface area (Å²) in [4.78, 5) is 33.9. The third-order valence-corrected chi connectivity index (χ3v) is 6.95. The van der Waals surface area contributed by atoms with E-state index in [0.717, 1.165) is 24.1 Å². The fourth-order valence-corrected chi connectivity index (χ4v) is 5.24. The summed E-state index contributed by atoms with van der Waals surface area (Å²) in [7, 11) is 0. The lowest BCUT2D eigenvalue weighted by Gasteiger charge is -2.29. The van der Waals surface area contributed by atoms with Crippen LogP contribution in [0.25, 0.3) is 10.2 Å². The van der Waals surface area contributed by atoms with Gasteiger partial charge in [0.1, 0.15) is 10.6 Å². The van der Waals surface area contributed by atoms with Gasteiger partial charge in [-0.15, -0.1) is 11.3 Å². The van der Waals surface area contributed by atoms with Crippen molar-refractivity contribution in [3.8, 4) is 0 Å². The number of benzene rings is 2. The Morgan fingerprint density at radius 1 is 1.16 bits per heavy atom. The second-order valence-electron chi connectivity index (χ2n) is 7.69. The molecule has 1 aliphatic rings. The first-order valence-corrected chi connectivity index (χ1v) is 11.0. The molecule has 5 rings (SSSR count). The summed E-state index contributed by atoms with van der Waals surface area (Å²) in [6.45, 7) is 2.53. The minimum atomic E-state index is -0.365. The molecule has 0 unspecified atom stereocenters. The molecule has 0 aliphatic carbocycles. The maximum absolute atomic E-state index is 14.1. The number of fused-ring (bicyclic) bond motifs is 2. The molecule has 0 saturated carbocycles. The van der Waals surface area contributed by atoms with E-state index in [1.165, 1.54) is 28.3 Å². The molecule has 2 aromatic carbocycles. The molecule has 3 heterocycles. The molecule has 0 N–H and O–H groups in total. The van der Waals surface area contributed by atoms with Crippen LogP contribution in [0.5, 0.6) is 0 Å². The van der Waals surface area contributed by atoms with Crippen LogP contribution in [0.1, 0.15) is 32.8 Å². The molecule has 1 aliphatic heterocycles. The SMILES string of the molecule is Cc1c(C(=O)N2CCCc3ccccc32)sc2ncn(Cc3ccccc3F)c(=O)c12. The van der Waals surface area contributed by atoms with Crippen LogP contribution in [-0.2, 0) is 13.0 Å². The number of nitrogens with zero attached hydrogens (tertiary/aromatic N) is 3. The molecule has 0 atom stereocenters. The average Bonchev–Trinajstić information content (AvgIpc) is 3.13. The van der Waals surface area contributed by atoms with Gasteiger partial charge in [0.15, 0.2) is 0 Å². The fraction of sp³-hybridized carbons (Fsp3) is 0.208. The molecule has 156 valence electrons. The third-order valence-electron chi connectivity index (χ3n) is 5.77. The zero-order valence-corrected chi connectivity index (χ0v) is 17.8. The Labute approximate surface area is 182 Å². The number of carbonyl (C=O) groups is 1. The Bertz CT molecular complexity index is 1380. The van der Waals surface area contributed by atoms with Crippen LogP contribution in [0.4, 0.5) is 10.1 Å².